The Morgan fingerprint density at radius 2 is 0.481 bits per heavy atom. The van der Waals surface area contributed by atoms with Crippen molar-refractivity contribution in [1.29, 1.82) is 0 Å². The summed E-state index contributed by atoms with van der Waals surface area (Å²) in [6.45, 7) is 6.60. The lowest BCUT2D eigenvalue weighted by Gasteiger charge is -2.18. The summed E-state index contributed by atoms with van der Waals surface area (Å²) in [5.74, 6) is -0.850. The maximum absolute atomic E-state index is 13.0. The molecule has 0 spiro atoms. The highest BCUT2D eigenvalue weighted by Gasteiger charge is 2.19. The number of hydrogen-bond donors (Lipinski definition) is 0. The SMILES string of the molecule is CC/C=C\C/C=C\C/C=C\C/C=C\CCCCCCCCCCC(=O)OC(COC(=O)CCCCCCCCCCCCCCCC)COC(=O)CCCCCCCCCCCCCCCCCCCCCCCCCCCCCC. The molecule has 0 heterocycles. The molecule has 0 amide bonds. The number of hydrogen-bond acceptors (Lipinski definition) is 6. The van der Waals surface area contributed by atoms with Gasteiger partial charge in [-0.3, -0.25) is 14.4 Å². The fourth-order valence-corrected chi connectivity index (χ4v) is 11.0. The lowest BCUT2D eigenvalue weighted by molar-refractivity contribution is -0.167. The third-order valence-corrected chi connectivity index (χ3v) is 16.3. The van der Waals surface area contributed by atoms with Gasteiger partial charge in [0.05, 0.1) is 0 Å². The number of rotatable bonds is 67. The molecule has 0 N–H and O–H groups in total. The van der Waals surface area contributed by atoms with Crippen LogP contribution in [0.3, 0.4) is 0 Å². The summed E-state index contributed by atoms with van der Waals surface area (Å²) in [6.07, 6.45) is 88.6. The molecule has 81 heavy (non-hydrogen) atoms. The van der Waals surface area contributed by atoms with Crippen LogP contribution < -0.4 is 0 Å². The molecule has 0 saturated heterocycles. The lowest BCUT2D eigenvalue weighted by Crippen LogP contribution is -2.30. The molecule has 474 valence electrons. The molecule has 0 aromatic carbocycles. The molecular formula is C75H138O6. The predicted octanol–water partition coefficient (Wildman–Crippen LogP) is 24.9. The van der Waals surface area contributed by atoms with Crippen molar-refractivity contribution in [3.63, 3.8) is 0 Å². The van der Waals surface area contributed by atoms with E-state index in [1.54, 1.807) is 0 Å². The number of esters is 3. The Kier molecular flexibility index (Phi) is 67.6. The fraction of sp³-hybridized carbons (Fsp3) is 0.853. The van der Waals surface area contributed by atoms with Crippen LogP contribution in [0.2, 0.25) is 0 Å². The van der Waals surface area contributed by atoms with Crippen molar-refractivity contribution in [1.82, 2.24) is 0 Å². The summed E-state index contributed by atoms with van der Waals surface area (Å²) < 4.78 is 17.0. The molecule has 6 heteroatoms. The van der Waals surface area contributed by atoms with Gasteiger partial charge in [-0.15, -0.1) is 0 Å². The number of carbonyl (C=O) groups is 3. The normalized spacial score (nSPS) is 12.3. The van der Waals surface area contributed by atoms with E-state index in [0.717, 1.165) is 89.9 Å². The molecule has 1 unspecified atom stereocenters. The second-order valence-electron chi connectivity index (χ2n) is 24.5. The van der Waals surface area contributed by atoms with Crippen LogP contribution in [0.1, 0.15) is 393 Å². The number of ether oxygens (including phenoxy) is 3. The summed E-state index contributed by atoms with van der Waals surface area (Å²) in [5.41, 5.74) is 0. The molecule has 0 aromatic heterocycles. The van der Waals surface area contributed by atoms with Gasteiger partial charge < -0.3 is 14.2 Å². The molecule has 0 saturated carbocycles. The molecule has 0 aliphatic rings. The quantitative estimate of drug-likeness (QED) is 0.0261. The molecule has 0 aromatic rings. The van der Waals surface area contributed by atoms with E-state index in [-0.39, 0.29) is 31.1 Å². The monoisotopic (exact) mass is 1140 g/mol. The van der Waals surface area contributed by atoms with Crippen LogP contribution in [0.5, 0.6) is 0 Å². The molecule has 0 radical (unpaired) electrons. The minimum atomic E-state index is -0.776. The van der Waals surface area contributed by atoms with E-state index in [0.29, 0.717) is 19.3 Å². The zero-order valence-corrected chi connectivity index (χ0v) is 54.6. The molecule has 6 nitrogen and oxygen atoms in total. The summed E-state index contributed by atoms with van der Waals surface area (Å²) in [4.78, 5) is 38.5. The van der Waals surface area contributed by atoms with Crippen LogP contribution >= 0.6 is 0 Å². The van der Waals surface area contributed by atoms with Gasteiger partial charge >= 0.3 is 17.9 Å². The Bertz CT molecular complexity index is 1400. The van der Waals surface area contributed by atoms with Crippen LogP contribution in [0.25, 0.3) is 0 Å². The molecule has 0 rings (SSSR count). The van der Waals surface area contributed by atoms with Crippen molar-refractivity contribution in [3.05, 3.63) is 48.6 Å². The summed E-state index contributed by atoms with van der Waals surface area (Å²) in [7, 11) is 0. The van der Waals surface area contributed by atoms with E-state index in [4.69, 9.17) is 14.2 Å². The Hall–Kier alpha value is -2.63. The van der Waals surface area contributed by atoms with Crippen LogP contribution in [-0.4, -0.2) is 37.2 Å². The van der Waals surface area contributed by atoms with Gasteiger partial charge in [-0.2, -0.15) is 0 Å². The average molecular weight is 1140 g/mol. The topological polar surface area (TPSA) is 78.9 Å². The van der Waals surface area contributed by atoms with Gasteiger partial charge in [-0.05, 0) is 57.8 Å². The largest absolute Gasteiger partial charge is 0.462 e. The number of unbranched alkanes of at least 4 members (excludes halogenated alkanes) is 48. The zero-order chi connectivity index (χ0) is 58.5. The molecule has 0 aliphatic heterocycles. The predicted molar refractivity (Wildman–Crippen MR) is 353 cm³/mol. The first-order valence-electron chi connectivity index (χ1n) is 36.1. The van der Waals surface area contributed by atoms with Gasteiger partial charge in [0.2, 0.25) is 0 Å². The van der Waals surface area contributed by atoms with Crippen molar-refractivity contribution in [2.75, 3.05) is 13.2 Å². The third kappa shape index (κ3) is 68.0. The van der Waals surface area contributed by atoms with Crippen LogP contribution in [-0.2, 0) is 28.6 Å². The van der Waals surface area contributed by atoms with E-state index >= 15 is 0 Å². The summed E-state index contributed by atoms with van der Waals surface area (Å²) in [6, 6.07) is 0. The van der Waals surface area contributed by atoms with E-state index in [2.05, 4.69) is 69.4 Å². The zero-order valence-electron chi connectivity index (χ0n) is 54.6. The van der Waals surface area contributed by atoms with Gasteiger partial charge in [-0.1, -0.05) is 365 Å². The maximum Gasteiger partial charge on any atom is 0.306 e. The summed E-state index contributed by atoms with van der Waals surface area (Å²) in [5, 5.41) is 0. The maximum atomic E-state index is 13.0. The Morgan fingerprint density at radius 1 is 0.259 bits per heavy atom. The van der Waals surface area contributed by atoms with Crippen molar-refractivity contribution in [2.45, 2.75) is 399 Å². The van der Waals surface area contributed by atoms with Gasteiger partial charge in [-0.25, -0.2) is 0 Å². The first kappa shape index (κ1) is 78.4. The fourth-order valence-electron chi connectivity index (χ4n) is 11.0. The smallest absolute Gasteiger partial charge is 0.306 e. The third-order valence-electron chi connectivity index (χ3n) is 16.3. The Balaban J connectivity index is 4.22. The highest BCUT2D eigenvalue weighted by Crippen LogP contribution is 2.19. The van der Waals surface area contributed by atoms with Crippen LogP contribution in [0, 0.1) is 0 Å². The molecular weight excluding hydrogens is 997 g/mol. The average Bonchev–Trinajstić information content (AvgIpc) is 3.47. The minimum absolute atomic E-state index is 0.0709. The molecule has 0 aliphatic carbocycles. The highest BCUT2D eigenvalue weighted by molar-refractivity contribution is 5.71. The van der Waals surface area contributed by atoms with Crippen LogP contribution in [0.4, 0.5) is 0 Å². The van der Waals surface area contributed by atoms with E-state index < -0.39 is 6.10 Å². The van der Waals surface area contributed by atoms with Gasteiger partial charge in [0.25, 0.3) is 0 Å². The first-order chi connectivity index (χ1) is 40.0. The lowest BCUT2D eigenvalue weighted by atomic mass is 10.0. The molecule has 0 bridgehead atoms. The van der Waals surface area contributed by atoms with Gasteiger partial charge in [0.1, 0.15) is 13.2 Å². The van der Waals surface area contributed by atoms with Crippen molar-refractivity contribution in [2.24, 2.45) is 0 Å². The number of carbonyl (C=O) groups excluding carboxylic acids is 3. The second-order valence-corrected chi connectivity index (χ2v) is 24.5. The highest BCUT2D eigenvalue weighted by atomic mass is 16.6. The standard InChI is InChI=1S/C75H138O6/c1-4-7-10-13-16-19-22-25-28-30-32-34-35-36-37-38-39-40-42-43-45-47-50-53-56-59-62-65-68-74(77)80-71-72(70-79-73(76)67-64-61-58-55-52-49-27-24-21-18-15-12-9-6-3)81-75(78)69-66-63-60-57-54-51-48-46-44-41-33-31-29-26-23-20-17-14-11-8-5-2/h8,11,17,20,26,29,33,41,72H,4-7,9-10,12-16,18-19,21-25,27-28,30-32,34-40,42-71H2,1-3H3/b11-8-,20-17-,29-26-,41-33-. The van der Waals surface area contributed by atoms with Crippen molar-refractivity contribution < 1.29 is 28.6 Å². The van der Waals surface area contributed by atoms with Crippen molar-refractivity contribution in [3.8, 4) is 0 Å². The van der Waals surface area contributed by atoms with Gasteiger partial charge in [0, 0.05) is 19.3 Å². The van der Waals surface area contributed by atoms with Crippen molar-refractivity contribution >= 4 is 17.9 Å². The van der Waals surface area contributed by atoms with Gasteiger partial charge in [0.15, 0.2) is 6.10 Å². The van der Waals surface area contributed by atoms with Crippen LogP contribution in [0.15, 0.2) is 48.6 Å². The molecule has 1 atom stereocenters. The number of allylic oxidation sites excluding steroid dienone is 8. The van der Waals surface area contributed by atoms with E-state index in [9.17, 15) is 14.4 Å². The second kappa shape index (κ2) is 69.9. The minimum Gasteiger partial charge on any atom is -0.462 e. The van der Waals surface area contributed by atoms with E-state index in [1.165, 1.54) is 263 Å². The Morgan fingerprint density at radius 3 is 0.753 bits per heavy atom. The summed E-state index contributed by atoms with van der Waals surface area (Å²) >= 11 is 0. The molecule has 0 fully saturated rings. The Labute approximate surface area is 505 Å². The van der Waals surface area contributed by atoms with E-state index in [1.807, 2.05) is 0 Å². The first-order valence-corrected chi connectivity index (χ1v) is 36.1.